The Bertz CT molecular complexity index is 914. The summed E-state index contributed by atoms with van der Waals surface area (Å²) in [5, 5.41) is 9.42. The standard InChI is InChI=1S/C19H18N4O3S/c1-2-14-18(15-9-20-5-6-21-15)22-23-19(14)27-10-13(24)7-12-3-4-16-17(8-12)26-11-25-16/h3-6,8-9,14H,2,7,10-11H2,1H3. The Kier molecular flexibility index (Phi) is 5.15. The summed E-state index contributed by atoms with van der Waals surface area (Å²) in [6.07, 6.45) is 6.16. The highest BCUT2D eigenvalue weighted by Gasteiger charge is 2.28. The quantitative estimate of drug-likeness (QED) is 0.764. The van der Waals surface area contributed by atoms with Gasteiger partial charge in [-0.25, -0.2) is 0 Å². The molecular formula is C19H18N4O3S. The lowest BCUT2D eigenvalue weighted by Crippen LogP contribution is -2.20. The zero-order chi connectivity index (χ0) is 18.6. The number of thioether (sulfide) groups is 1. The molecule has 0 N–H and O–H groups in total. The van der Waals surface area contributed by atoms with Crippen LogP contribution in [-0.2, 0) is 11.2 Å². The Morgan fingerprint density at radius 1 is 1.22 bits per heavy atom. The summed E-state index contributed by atoms with van der Waals surface area (Å²) >= 11 is 1.45. The topological polar surface area (TPSA) is 86.0 Å². The Morgan fingerprint density at radius 3 is 2.93 bits per heavy atom. The lowest BCUT2D eigenvalue weighted by Gasteiger charge is -2.12. The Morgan fingerprint density at radius 2 is 2.11 bits per heavy atom. The Hall–Kier alpha value is -2.74. The van der Waals surface area contributed by atoms with Crippen LogP contribution >= 0.6 is 11.8 Å². The first kappa shape index (κ1) is 17.7. The highest BCUT2D eigenvalue weighted by atomic mass is 32.2. The van der Waals surface area contributed by atoms with Gasteiger partial charge in [-0.15, -0.1) is 16.9 Å². The monoisotopic (exact) mass is 382 g/mol. The van der Waals surface area contributed by atoms with Crippen molar-refractivity contribution < 1.29 is 14.3 Å². The number of nitrogens with zero attached hydrogens (tertiary/aromatic N) is 4. The molecule has 4 rings (SSSR count). The first-order valence-electron chi connectivity index (χ1n) is 8.69. The van der Waals surface area contributed by atoms with Gasteiger partial charge in [-0.2, -0.15) is 5.10 Å². The number of rotatable bonds is 6. The van der Waals surface area contributed by atoms with Crippen molar-refractivity contribution in [3.63, 3.8) is 0 Å². The first-order chi connectivity index (χ1) is 13.2. The molecular weight excluding hydrogens is 364 g/mol. The van der Waals surface area contributed by atoms with Crippen molar-refractivity contribution in [2.24, 2.45) is 16.1 Å². The van der Waals surface area contributed by atoms with Gasteiger partial charge in [0.2, 0.25) is 6.79 Å². The van der Waals surface area contributed by atoms with Crippen molar-refractivity contribution in [2.75, 3.05) is 12.5 Å². The van der Waals surface area contributed by atoms with Crippen LogP contribution in [0, 0.1) is 5.92 Å². The molecule has 138 valence electrons. The molecule has 2 aromatic rings. The fourth-order valence-electron chi connectivity index (χ4n) is 3.00. The van der Waals surface area contributed by atoms with Crippen LogP contribution in [0.1, 0.15) is 24.6 Å². The molecule has 8 heteroatoms. The van der Waals surface area contributed by atoms with Crippen LogP contribution in [-0.4, -0.2) is 39.1 Å². The third-order valence-electron chi connectivity index (χ3n) is 4.34. The minimum absolute atomic E-state index is 0.0602. The van der Waals surface area contributed by atoms with Crippen molar-refractivity contribution in [2.45, 2.75) is 19.8 Å². The lowest BCUT2D eigenvalue weighted by atomic mass is 10.00. The summed E-state index contributed by atoms with van der Waals surface area (Å²) in [6, 6.07) is 5.60. The number of ether oxygens (including phenoxy) is 2. The number of hydrogen-bond donors (Lipinski definition) is 0. The number of hydrogen-bond acceptors (Lipinski definition) is 8. The molecule has 7 nitrogen and oxygen atoms in total. The van der Waals surface area contributed by atoms with Gasteiger partial charge in [-0.05, 0) is 24.1 Å². The molecule has 27 heavy (non-hydrogen) atoms. The van der Waals surface area contributed by atoms with Crippen molar-refractivity contribution in [3.8, 4) is 11.5 Å². The average molecular weight is 382 g/mol. The molecule has 0 saturated carbocycles. The number of ketones is 1. The number of carbonyl (C=O) groups is 1. The largest absolute Gasteiger partial charge is 0.454 e. The molecule has 3 heterocycles. The van der Waals surface area contributed by atoms with Gasteiger partial charge in [0.1, 0.15) is 16.5 Å². The van der Waals surface area contributed by atoms with Gasteiger partial charge >= 0.3 is 0 Å². The molecule has 0 amide bonds. The zero-order valence-corrected chi connectivity index (χ0v) is 15.6. The predicted molar refractivity (Wildman–Crippen MR) is 104 cm³/mol. The van der Waals surface area contributed by atoms with Crippen molar-refractivity contribution in [1.29, 1.82) is 0 Å². The second-order valence-electron chi connectivity index (χ2n) is 6.17. The number of fused-ring (bicyclic) bond motifs is 1. The van der Waals surface area contributed by atoms with Crippen LogP contribution in [0.5, 0.6) is 11.5 Å². The summed E-state index contributed by atoms with van der Waals surface area (Å²) in [6.45, 7) is 2.31. The van der Waals surface area contributed by atoms with Gasteiger partial charge in [-0.3, -0.25) is 14.8 Å². The molecule has 0 bridgehead atoms. The number of aromatic nitrogens is 2. The molecule has 0 saturated heterocycles. The minimum Gasteiger partial charge on any atom is -0.454 e. The number of benzene rings is 1. The van der Waals surface area contributed by atoms with E-state index >= 15 is 0 Å². The molecule has 1 unspecified atom stereocenters. The molecule has 2 aliphatic heterocycles. The van der Waals surface area contributed by atoms with E-state index in [4.69, 9.17) is 9.47 Å². The molecule has 0 fully saturated rings. The molecule has 1 aromatic carbocycles. The Labute approximate surface area is 160 Å². The normalized spacial score (nSPS) is 17.6. The van der Waals surface area contributed by atoms with E-state index in [-0.39, 0.29) is 18.5 Å². The van der Waals surface area contributed by atoms with Gasteiger partial charge in [0.05, 0.1) is 23.6 Å². The van der Waals surface area contributed by atoms with Crippen molar-refractivity contribution in [1.82, 2.24) is 9.97 Å². The maximum atomic E-state index is 12.4. The molecule has 1 aromatic heterocycles. The van der Waals surface area contributed by atoms with E-state index in [1.54, 1.807) is 18.6 Å². The van der Waals surface area contributed by atoms with Gasteiger partial charge in [0, 0.05) is 18.8 Å². The fourth-order valence-corrected chi connectivity index (χ4v) is 3.99. The maximum Gasteiger partial charge on any atom is 0.231 e. The molecule has 0 radical (unpaired) electrons. The van der Waals surface area contributed by atoms with E-state index in [2.05, 4.69) is 27.1 Å². The molecule has 0 aliphatic carbocycles. The number of Topliss-reactive ketones (excluding diaryl/α,β-unsaturated/α-hetero) is 1. The average Bonchev–Trinajstić information content (AvgIpc) is 3.33. The summed E-state index contributed by atoms with van der Waals surface area (Å²) in [5.74, 6) is 1.96. The summed E-state index contributed by atoms with van der Waals surface area (Å²) in [7, 11) is 0. The second kappa shape index (κ2) is 7.87. The first-order valence-corrected chi connectivity index (χ1v) is 9.68. The lowest BCUT2D eigenvalue weighted by molar-refractivity contribution is -0.115. The van der Waals surface area contributed by atoms with E-state index < -0.39 is 0 Å². The van der Waals surface area contributed by atoms with Gasteiger partial charge in [-0.1, -0.05) is 13.0 Å². The summed E-state index contributed by atoms with van der Waals surface area (Å²) in [4.78, 5) is 20.8. The van der Waals surface area contributed by atoms with E-state index in [1.165, 1.54) is 11.8 Å². The van der Waals surface area contributed by atoms with Crippen LogP contribution in [0.2, 0.25) is 0 Å². The fraction of sp³-hybridized carbons (Fsp3) is 0.316. The minimum atomic E-state index is 0.0602. The second-order valence-corrected chi connectivity index (χ2v) is 7.16. The van der Waals surface area contributed by atoms with Crippen LogP contribution in [0.25, 0.3) is 0 Å². The van der Waals surface area contributed by atoms with E-state index in [0.717, 1.165) is 34.2 Å². The maximum absolute atomic E-state index is 12.4. The third kappa shape index (κ3) is 3.85. The molecule has 1 atom stereocenters. The van der Waals surface area contributed by atoms with Crippen LogP contribution in [0.3, 0.4) is 0 Å². The Balaban J connectivity index is 1.34. The molecule has 2 aliphatic rings. The van der Waals surface area contributed by atoms with E-state index in [1.807, 2.05) is 18.2 Å². The van der Waals surface area contributed by atoms with E-state index in [9.17, 15) is 4.79 Å². The number of carbonyl (C=O) groups excluding carboxylic acids is 1. The van der Waals surface area contributed by atoms with Gasteiger partial charge in [0.15, 0.2) is 11.5 Å². The summed E-state index contributed by atoms with van der Waals surface area (Å²) in [5.41, 5.74) is 2.47. The van der Waals surface area contributed by atoms with Crippen LogP contribution in [0.15, 0.2) is 47.0 Å². The summed E-state index contributed by atoms with van der Waals surface area (Å²) < 4.78 is 10.7. The van der Waals surface area contributed by atoms with Gasteiger partial charge in [0.25, 0.3) is 0 Å². The highest BCUT2D eigenvalue weighted by Crippen LogP contribution is 2.33. The smallest absolute Gasteiger partial charge is 0.231 e. The van der Waals surface area contributed by atoms with Crippen LogP contribution < -0.4 is 9.47 Å². The van der Waals surface area contributed by atoms with E-state index in [0.29, 0.717) is 17.9 Å². The van der Waals surface area contributed by atoms with Gasteiger partial charge < -0.3 is 9.47 Å². The van der Waals surface area contributed by atoms with Crippen molar-refractivity contribution >= 4 is 28.3 Å². The van der Waals surface area contributed by atoms with Crippen molar-refractivity contribution in [3.05, 3.63) is 48.0 Å². The van der Waals surface area contributed by atoms with Crippen LogP contribution in [0.4, 0.5) is 0 Å². The highest BCUT2D eigenvalue weighted by molar-refractivity contribution is 8.14. The zero-order valence-electron chi connectivity index (χ0n) is 14.8. The third-order valence-corrected chi connectivity index (χ3v) is 5.47. The predicted octanol–water partition coefficient (Wildman–Crippen LogP) is 2.89. The SMILES string of the molecule is CCC1C(SCC(=O)Cc2ccc3c(c2)OCO3)=NN=C1c1cnccn1. The molecule has 0 spiro atoms.